The number of nitrogens with zero attached hydrogens (tertiary/aromatic N) is 4. The molecule has 0 N–H and O–H groups in total. The molecule has 92 valence electrons. The molecule has 0 amide bonds. The zero-order chi connectivity index (χ0) is 13.1. The van der Waals surface area contributed by atoms with E-state index in [-0.39, 0.29) is 0 Å². The van der Waals surface area contributed by atoms with Crippen molar-refractivity contribution in [1.82, 2.24) is 20.1 Å². The number of rotatable bonds is 3. The summed E-state index contributed by atoms with van der Waals surface area (Å²) >= 11 is 0. The van der Waals surface area contributed by atoms with Crippen molar-refractivity contribution >= 4 is 6.08 Å². The highest BCUT2D eigenvalue weighted by Gasteiger charge is 2.11. The largest absolute Gasteiger partial charge is 0.334 e. The van der Waals surface area contributed by atoms with Crippen LogP contribution in [0.1, 0.15) is 5.56 Å². The lowest BCUT2D eigenvalue weighted by molar-refractivity contribution is 0.432. The van der Waals surface area contributed by atoms with Crippen molar-refractivity contribution in [2.45, 2.75) is 0 Å². The van der Waals surface area contributed by atoms with E-state index in [2.05, 4.69) is 26.7 Å². The fourth-order valence-corrected chi connectivity index (χ4v) is 1.61. The molecule has 5 nitrogen and oxygen atoms in total. The smallest absolute Gasteiger partial charge is 0.258 e. The summed E-state index contributed by atoms with van der Waals surface area (Å²) in [5, 5.41) is 3.87. The Morgan fingerprint density at radius 3 is 2.42 bits per heavy atom. The summed E-state index contributed by atoms with van der Waals surface area (Å²) in [4.78, 5) is 12.4. The highest BCUT2D eigenvalue weighted by atomic mass is 16.5. The summed E-state index contributed by atoms with van der Waals surface area (Å²) in [7, 11) is 0. The first-order valence-electron chi connectivity index (χ1n) is 5.71. The molecule has 0 atom stereocenters. The van der Waals surface area contributed by atoms with Crippen molar-refractivity contribution in [3.8, 4) is 23.1 Å². The van der Waals surface area contributed by atoms with Crippen molar-refractivity contribution in [1.29, 1.82) is 0 Å². The van der Waals surface area contributed by atoms with Crippen LogP contribution in [0.2, 0.25) is 0 Å². The molecule has 2 heterocycles. The van der Waals surface area contributed by atoms with Gasteiger partial charge in [-0.1, -0.05) is 29.9 Å². The molecule has 0 radical (unpaired) electrons. The van der Waals surface area contributed by atoms with Gasteiger partial charge in [-0.15, -0.1) is 0 Å². The maximum absolute atomic E-state index is 5.21. The molecule has 19 heavy (non-hydrogen) atoms. The average molecular weight is 250 g/mol. The minimum absolute atomic E-state index is 0.378. The maximum Gasteiger partial charge on any atom is 0.258 e. The van der Waals surface area contributed by atoms with Gasteiger partial charge in [0.1, 0.15) is 0 Å². The summed E-state index contributed by atoms with van der Waals surface area (Å²) < 4.78 is 5.21. The van der Waals surface area contributed by atoms with Crippen LogP contribution in [0.3, 0.4) is 0 Å². The summed E-state index contributed by atoms with van der Waals surface area (Å²) in [6, 6.07) is 9.41. The highest BCUT2D eigenvalue weighted by molar-refractivity contribution is 5.59. The van der Waals surface area contributed by atoms with Crippen LogP contribution in [0.25, 0.3) is 29.2 Å². The van der Waals surface area contributed by atoms with E-state index in [0.717, 1.165) is 11.1 Å². The van der Waals surface area contributed by atoms with Crippen LogP contribution in [0.5, 0.6) is 0 Å². The van der Waals surface area contributed by atoms with E-state index in [0.29, 0.717) is 17.5 Å². The summed E-state index contributed by atoms with van der Waals surface area (Å²) in [5.74, 6) is 1.27. The standard InChI is InChI=1S/C14H10N4O/c1-2-10-4-6-11(7-5-10)14-17-13(18-19-14)12-15-8-3-9-16-12/h2-9H,1H2. The predicted octanol–water partition coefficient (Wildman–Crippen LogP) is 2.84. The van der Waals surface area contributed by atoms with Gasteiger partial charge in [0.15, 0.2) is 0 Å². The zero-order valence-corrected chi connectivity index (χ0v) is 10.0. The van der Waals surface area contributed by atoms with E-state index in [9.17, 15) is 0 Å². The molecule has 0 saturated carbocycles. The third kappa shape index (κ3) is 2.26. The minimum atomic E-state index is 0.378. The van der Waals surface area contributed by atoms with E-state index >= 15 is 0 Å². The third-order valence-electron chi connectivity index (χ3n) is 2.59. The van der Waals surface area contributed by atoms with Crippen LogP contribution in [-0.2, 0) is 0 Å². The normalized spacial score (nSPS) is 10.3. The molecule has 0 aliphatic carbocycles. The maximum atomic E-state index is 5.21. The van der Waals surface area contributed by atoms with Gasteiger partial charge in [-0.25, -0.2) is 9.97 Å². The number of benzene rings is 1. The van der Waals surface area contributed by atoms with Crippen molar-refractivity contribution in [3.05, 3.63) is 54.9 Å². The first-order chi connectivity index (χ1) is 9.36. The van der Waals surface area contributed by atoms with Crippen LogP contribution >= 0.6 is 0 Å². The summed E-state index contributed by atoms with van der Waals surface area (Å²) in [5.41, 5.74) is 1.88. The van der Waals surface area contributed by atoms with Gasteiger partial charge in [0.2, 0.25) is 11.6 Å². The third-order valence-corrected chi connectivity index (χ3v) is 2.59. The molecule has 3 aromatic rings. The highest BCUT2D eigenvalue weighted by Crippen LogP contribution is 2.20. The van der Waals surface area contributed by atoms with E-state index in [4.69, 9.17) is 4.52 Å². The van der Waals surface area contributed by atoms with Crippen LogP contribution < -0.4 is 0 Å². The van der Waals surface area contributed by atoms with Gasteiger partial charge in [-0.2, -0.15) is 4.98 Å². The van der Waals surface area contributed by atoms with Gasteiger partial charge in [0.25, 0.3) is 5.89 Å². The Morgan fingerprint density at radius 2 is 1.74 bits per heavy atom. The fraction of sp³-hybridized carbons (Fsp3) is 0. The SMILES string of the molecule is C=Cc1ccc(-c2nc(-c3ncccn3)no2)cc1. The molecule has 2 aromatic heterocycles. The number of hydrogen-bond acceptors (Lipinski definition) is 5. The zero-order valence-electron chi connectivity index (χ0n) is 10.0. The Hall–Kier alpha value is -2.82. The van der Waals surface area contributed by atoms with Gasteiger partial charge in [0.05, 0.1) is 0 Å². The van der Waals surface area contributed by atoms with Gasteiger partial charge in [-0.05, 0) is 23.8 Å². The molecule has 0 aliphatic heterocycles. The van der Waals surface area contributed by atoms with Gasteiger partial charge < -0.3 is 4.52 Å². The molecule has 5 heteroatoms. The van der Waals surface area contributed by atoms with Crippen molar-refractivity contribution in [3.63, 3.8) is 0 Å². The molecule has 1 aromatic carbocycles. The van der Waals surface area contributed by atoms with E-state index in [1.54, 1.807) is 24.5 Å². The topological polar surface area (TPSA) is 64.7 Å². The molecule has 0 aliphatic rings. The monoisotopic (exact) mass is 250 g/mol. The first kappa shape index (κ1) is 11.3. The molecule has 0 unspecified atom stereocenters. The second kappa shape index (κ2) is 4.81. The lowest BCUT2D eigenvalue weighted by Crippen LogP contribution is -1.88. The molecule has 0 spiro atoms. The average Bonchev–Trinajstić information content (AvgIpc) is 2.98. The molecule has 0 saturated heterocycles. The lowest BCUT2D eigenvalue weighted by atomic mass is 10.1. The van der Waals surface area contributed by atoms with Crippen molar-refractivity contribution < 1.29 is 4.52 Å². The Labute approximate surface area is 109 Å². The summed E-state index contributed by atoms with van der Waals surface area (Å²) in [6.07, 6.45) is 5.05. The van der Waals surface area contributed by atoms with Crippen LogP contribution in [0, 0.1) is 0 Å². The molecular formula is C14H10N4O. The second-order valence-corrected chi connectivity index (χ2v) is 3.82. The summed E-state index contributed by atoms with van der Waals surface area (Å²) in [6.45, 7) is 3.71. The van der Waals surface area contributed by atoms with Gasteiger partial charge in [0, 0.05) is 18.0 Å². The lowest BCUT2D eigenvalue weighted by Gasteiger charge is -1.95. The van der Waals surface area contributed by atoms with Gasteiger partial charge >= 0.3 is 0 Å². The Bertz CT molecular complexity index is 689. The van der Waals surface area contributed by atoms with E-state index in [1.165, 1.54) is 0 Å². The second-order valence-electron chi connectivity index (χ2n) is 3.82. The van der Waals surface area contributed by atoms with Crippen molar-refractivity contribution in [2.75, 3.05) is 0 Å². The van der Waals surface area contributed by atoms with Crippen LogP contribution in [0.4, 0.5) is 0 Å². The fourth-order valence-electron chi connectivity index (χ4n) is 1.61. The van der Waals surface area contributed by atoms with E-state index in [1.807, 2.05) is 24.3 Å². The predicted molar refractivity (Wildman–Crippen MR) is 70.9 cm³/mol. The van der Waals surface area contributed by atoms with Crippen molar-refractivity contribution in [2.24, 2.45) is 0 Å². The number of hydrogen-bond donors (Lipinski definition) is 0. The molecule has 3 rings (SSSR count). The van der Waals surface area contributed by atoms with Crippen LogP contribution in [0.15, 0.2) is 53.8 Å². The Kier molecular flexibility index (Phi) is 2.86. The number of aromatic nitrogens is 4. The molecular weight excluding hydrogens is 240 g/mol. The molecule has 0 fully saturated rings. The minimum Gasteiger partial charge on any atom is -0.334 e. The Morgan fingerprint density at radius 1 is 1.00 bits per heavy atom. The van der Waals surface area contributed by atoms with Gasteiger partial charge in [-0.3, -0.25) is 0 Å². The first-order valence-corrected chi connectivity index (χ1v) is 5.71. The van der Waals surface area contributed by atoms with E-state index < -0.39 is 0 Å². The van der Waals surface area contributed by atoms with Crippen LogP contribution in [-0.4, -0.2) is 20.1 Å². The molecule has 0 bridgehead atoms. The Balaban J connectivity index is 1.94. The quantitative estimate of drug-likeness (QED) is 0.715.